The van der Waals surface area contributed by atoms with Crippen molar-refractivity contribution >= 4 is 0 Å². The predicted octanol–water partition coefficient (Wildman–Crippen LogP) is 2.62. The number of rotatable bonds is 4. The topological polar surface area (TPSA) is 29.3 Å². The summed E-state index contributed by atoms with van der Waals surface area (Å²) in [5, 5.41) is 0. The predicted molar refractivity (Wildman–Crippen MR) is 66.9 cm³/mol. The van der Waals surface area contributed by atoms with Gasteiger partial charge in [0, 0.05) is 24.7 Å². The molecule has 0 spiro atoms. The van der Waals surface area contributed by atoms with Crippen LogP contribution in [0.1, 0.15) is 53.4 Å². The van der Waals surface area contributed by atoms with Gasteiger partial charge >= 0.3 is 0 Å². The van der Waals surface area contributed by atoms with Gasteiger partial charge in [0.15, 0.2) is 0 Å². The summed E-state index contributed by atoms with van der Waals surface area (Å²) >= 11 is 0. The van der Waals surface area contributed by atoms with Crippen molar-refractivity contribution in [2.24, 2.45) is 11.7 Å². The highest BCUT2D eigenvalue weighted by Crippen LogP contribution is 2.22. The SMILES string of the molecule is CC(C)C(N)CCN1C(C)CCCC1C. The molecule has 3 atom stereocenters. The minimum Gasteiger partial charge on any atom is -0.327 e. The Morgan fingerprint density at radius 3 is 2.20 bits per heavy atom. The molecule has 0 aromatic heterocycles. The zero-order valence-corrected chi connectivity index (χ0v) is 10.9. The van der Waals surface area contributed by atoms with Crippen molar-refractivity contribution in [3.05, 3.63) is 0 Å². The lowest BCUT2D eigenvalue weighted by molar-refractivity contribution is 0.0978. The standard InChI is InChI=1S/C13H28N2/c1-10(2)13(14)8-9-15-11(3)6-5-7-12(15)4/h10-13H,5-9,14H2,1-4H3. The third-order valence-corrected chi connectivity index (χ3v) is 3.95. The van der Waals surface area contributed by atoms with Crippen molar-refractivity contribution in [2.75, 3.05) is 6.54 Å². The average molecular weight is 212 g/mol. The van der Waals surface area contributed by atoms with Gasteiger partial charge in [0.1, 0.15) is 0 Å². The number of nitrogens with zero attached hydrogens (tertiary/aromatic N) is 1. The molecular formula is C13H28N2. The Hall–Kier alpha value is -0.0800. The maximum atomic E-state index is 6.10. The van der Waals surface area contributed by atoms with Crippen molar-refractivity contribution < 1.29 is 0 Å². The summed E-state index contributed by atoms with van der Waals surface area (Å²) in [7, 11) is 0. The first kappa shape index (κ1) is 13.0. The first-order valence-corrected chi connectivity index (χ1v) is 6.53. The summed E-state index contributed by atoms with van der Waals surface area (Å²) in [5.41, 5.74) is 6.10. The van der Waals surface area contributed by atoms with Gasteiger partial charge < -0.3 is 5.73 Å². The molecule has 2 N–H and O–H groups in total. The van der Waals surface area contributed by atoms with E-state index in [9.17, 15) is 0 Å². The molecule has 0 aromatic carbocycles. The van der Waals surface area contributed by atoms with Crippen LogP contribution in [0.15, 0.2) is 0 Å². The molecule has 0 radical (unpaired) electrons. The second kappa shape index (κ2) is 5.86. The highest BCUT2D eigenvalue weighted by Gasteiger charge is 2.24. The van der Waals surface area contributed by atoms with Gasteiger partial charge in [-0.05, 0) is 39.0 Å². The van der Waals surface area contributed by atoms with Crippen LogP contribution >= 0.6 is 0 Å². The maximum absolute atomic E-state index is 6.10. The minimum absolute atomic E-state index is 0.367. The van der Waals surface area contributed by atoms with E-state index in [-0.39, 0.29) is 0 Å². The number of nitrogens with two attached hydrogens (primary N) is 1. The lowest BCUT2D eigenvalue weighted by atomic mass is 9.95. The molecule has 2 heteroatoms. The number of likely N-dealkylation sites (tertiary alicyclic amines) is 1. The Labute approximate surface area is 95.2 Å². The first-order valence-electron chi connectivity index (χ1n) is 6.53. The summed E-state index contributed by atoms with van der Waals surface area (Å²) in [6, 6.07) is 1.88. The van der Waals surface area contributed by atoms with E-state index in [2.05, 4.69) is 32.6 Å². The molecule has 0 amide bonds. The molecule has 0 bridgehead atoms. The van der Waals surface area contributed by atoms with E-state index >= 15 is 0 Å². The Morgan fingerprint density at radius 1 is 1.20 bits per heavy atom. The van der Waals surface area contributed by atoms with Crippen molar-refractivity contribution in [3.8, 4) is 0 Å². The largest absolute Gasteiger partial charge is 0.327 e. The number of piperidine rings is 1. The summed E-state index contributed by atoms with van der Waals surface area (Å²) in [5.74, 6) is 0.611. The Morgan fingerprint density at radius 2 is 1.73 bits per heavy atom. The van der Waals surface area contributed by atoms with Gasteiger partial charge in [0.2, 0.25) is 0 Å². The van der Waals surface area contributed by atoms with Crippen molar-refractivity contribution in [1.29, 1.82) is 0 Å². The van der Waals surface area contributed by atoms with E-state index in [0.717, 1.165) is 18.5 Å². The maximum Gasteiger partial charge on any atom is 0.00740 e. The van der Waals surface area contributed by atoms with E-state index in [0.29, 0.717) is 12.0 Å². The van der Waals surface area contributed by atoms with Crippen molar-refractivity contribution in [3.63, 3.8) is 0 Å². The molecule has 1 rings (SSSR count). The van der Waals surface area contributed by atoms with Crippen LogP contribution in [0.4, 0.5) is 0 Å². The first-order chi connectivity index (χ1) is 7.02. The number of hydrogen-bond acceptors (Lipinski definition) is 2. The van der Waals surface area contributed by atoms with Gasteiger partial charge in [-0.15, -0.1) is 0 Å². The van der Waals surface area contributed by atoms with Crippen LogP contribution in [-0.4, -0.2) is 29.6 Å². The normalized spacial score (nSPS) is 30.8. The van der Waals surface area contributed by atoms with Crippen LogP contribution in [0, 0.1) is 5.92 Å². The molecule has 15 heavy (non-hydrogen) atoms. The molecule has 0 aromatic rings. The average Bonchev–Trinajstić information content (AvgIpc) is 2.16. The molecule has 1 saturated heterocycles. The van der Waals surface area contributed by atoms with Gasteiger partial charge in [-0.3, -0.25) is 4.90 Å². The zero-order valence-electron chi connectivity index (χ0n) is 10.9. The minimum atomic E-state index is 0.367. The fourth-order valence-corrected chi connectivity index (χ4v) is 2.55. The van der Waals surface area contributed by atoms with Crippen LogP contribution in [0.5, 0.6) is 0 Å². The third kappa shape index (κ3) is 3.76. The van der Waals surface area contributed by atoms with Gasteiger partial charge in [-0.2, -0.15) is 0 Å². The molecule has 0 aliphatic carbocycles. The summed E-state index contributed by atoms with van der Waals surface area (Å²) in [6.45, 7) is 10.3. The van der Waals surface area contributed by atoms with Gasteiger partial charge in [-0.1, -0.05) is 20.3 Å². The molecule has 90 valence electrons. The monoisotopic (exact) mass is 212 g/mol. The molecule has 3 unspecified atom stereocenters. The quantitative estimate of drug-likeness (QED) is 0.776. The van der Waals surface area contributed by atoms with E-state index < -0.39 is 0 Å². The third-order valence-electron chi connectivity index (χ3n) is 3.95. The highest BCUT2D eigenvalue weighted by atomic mass is 15.2. The van der Waals surface area contributed by atoms with Crippen LogP contribution in [0.3, 0.4) is 0 Å². The lowest BCUT2D eigenvalue weighted by Crippen LogP contribution is -2.45. The molecular weight excluding hydrogens is 184 g/mol. The second-order valence-corrected chi connectivity index (χ2v) is 5.56. The van der Waals surface area contributed by atoms with Crippen molar-refractivity contribution in [2.45, 2.75) is 71.5 Å². The highest BCUT2D eigenvalue weighted by molar-refractivity contribution is 4.80. The Bertz CT molecular complexity index is 169. The molecule has 1 aliphatic heterocycles. The van der Waals surface area contributed by atoms with Crippen LogP contribution in [0.25, 0.3) is 0 Å². The zero-order chi connectivity index (χ0) is 11.4. The van der Waals surface area contributed by atoms with Crippen molar-refractivity contribution in [1.82, 2.24) is 4.90 Å². The summed E-state index contributed by atoms with van der Waals surface area (Å²) in [4.78, 5) is 2.64. The molecule has 1 fully saturated rings. The molecule has 1 heterocycles. The van der Waals surface area contributed by atoms with Crippen LogP contribution in [-0.2, 0) is 0 Å². The fraction of sp³-hybridized carbons (Fsp3) is 1.00. The van der Waals surface area contributed by atoms with Gasteiger partial charge in [0.05, 0.1) is 0 Å². The van der Waals surface area contributed by atoms with Gasteiger partial charge in [-0.25, -0.2) is 0 Å². The number of hydrogen-bond donors (Lipinski definition) is 1. The second-order valence-electron chi connectivity index (χ2n) is 5.56. The Balaban J connectivity index is 2.35. The van der Waals surface area contributed by atoms with Gasteiger partial charge in [0.25, 0.3) is 0 Å². The summed E-state index contributed by atoms with van der Waals surface area (Å²) < 4.78 is 0. The van der Waals surface area contributed by atoms with Crippen LogP contribution in [0.2, 0.25) is 0 Å². The molecule has 2 nitrogen and oxygen atoms in total. The molecule has 1 aliphatic rings. The van der Waals surface area contributed by atoms with E-state index in [1.807, 2.05) is 0 Å². The fourth-order valence-electron chi connectivity index (χ4n) is 2.55. The van der Waals surface area contributed by atoms with Crippen LogP contribution < -0.4 is 5.73 Å². The Kier molecular flexibility index (Phi) is 5.07. The van der Waals surface area contributed by atoms with E-state index in [1.54, 1.807) is 0 Å². The summed E-state index contributed by atoms with van der Waals surface area (Å²) in [6.07, 6.45) is 5.27. The van der Waals surface area contributed by atoms with E-state index in [4.69, 9.17) is 5.73 Å². The smallest absolute Gasteiger partial charge is 0.00740 e. The lowest BCUT2D eigenvalue weighted by Gasteiger charge is -2.39. The molecule has 0 saturated carbocycles. The van der Waals surface area contributed by atoms with E-state index in [1.165, 1.54) is 25.8 Å².